The minimum atomic E-state index is 0.000465. The summed E-state index contributed by atoms with van der Waals surface area (Å²) in [6.07, 6.45) is 11.2. The molecule has 1 aliphatic carbocycles. The van der Waals surface area contributed by atoms with Crippen LogP contribution in [0.1, 0.15) is 47.8 Å². The summed E-state index contributed by atoms with van der Waals surface area (Å²) in [5.41, 5.74) is 1.62. The molecule has 144 valence electrons. The van der Waals surface area contributed by atoms with Crippen LogP contribution in [0.15, 0.2) is 24.7 Å². The summed E-state index contributed by atoms with van der Waals surface area (Å²) >= 11 is 0. The number of aromatic nitrogens is 4. The Morgan fingerprint density at radius 3 is 2.67 bits per heavy atom. The van der Waals surface area contributed by atoms with Gasteiger partial charge in [-0.05, 0) is 18.9 Å². The van der Waals surface area contributed by atoms with Gasteiger partial charge in [0.05, 0.1) is 17.3 Å². The predicted octanol–water partition coefficient (Wildman–Crippen LogP) is 1.49. The van der Waals surface area contributed by atoms with Gasteiger partial charge in [0.1, 0.15) is 0 Å². The monoisotopic (exact) mass is 369 g/mol. The third kappa shape index (κ3) is 4.44. The molecule has 0 spiro atoms. The van der Waals surface area contributed by atoms with Gasteiger partial charge in [-0.1, -0.05) is 12.8 Å². The second kappa shape index (κ2) is 8.47. The van der Waals surface area contributed by atoms with Gasteiger partial charge in [-0.2, -0.15) is 5.10 Å². The van der Waals surface area contributed by atoms with Crippen molar-refractivity contribution >= 4 is 11.9 Å². The van der Waals surface area contributed by atoms with Crippen molar-refractivity contribution < 1.29 is 4.79 Å². The lowest BCUT2D eigenvalue weighted by atomic mass is 10.2. The van der Waals surface area contributed by atoms with Gasteiger partial charge in [0, 0.05) is 57.7 Å². The summed E-state index contributed by atoms with van der Waals surface area (Å²) in [5, 5.41) is 11.1. The summed E-state index contributed by atoms with van der Waals surface area (Å²) in [6.45, 7) is 3.84. The lowest BCUT2D eigenvalue weighted by Gasteiger charge is -2.27. The average molecular weight is 369 g/mol. The van der Waals surface area contributed by atoms with Gasteiger partial charge in [0.2, 0.25) is 5.95 Å². The highest BCUT2D eigenvalue weighted by molar-refractivity contribution is 5.93. The third-order valence-corrected chi connectivity index (χ3v) is 5.33. The molecular weight excluding hydrogens is 342 g/mol. The smallest absolute Gasteiger partial charge is 0.257 e. The van der Waals surface area contributed by atoms with E-state index < -0.39 is 0 Å². The molecule has 2 aromatic heterocycles. The van der Waals surface area contributed by atoms with E-state index >= 15 is 0 Å². The van der Waals surface area contributed by atoms with Crippen molar-refractivity contribution in [3.05, 3.63) is 35.9 Å². The summed E-state index contributed by atoms with van der Waals surface area (Å²) in [4.78, 5) is 22.8. The van der Waals surface area contributed by atoms with Crippen LogP contribution in [0.25, 0.3) is 0 Å². The first-order valence-corrected chi connectivity index (χ1v) is 9.89. The van der Waals surface area contributed by atoms with E-state index in [1.54, 1.807) is 12.4 Å². The van der Waals surface area contributed by atoms with Crippen molar-refractivity contribution in [3.8, 4) is 0 Å². The molecule has 8 nitrogen and oxygen atoms in total. The Morgan fingerprint density at radius 2 is 1.93 bits per heavy atom. The van der Waals surface area contributed by atoms with Crippen molar-refractivity contribution in [3.63, 3.8) is 0 Å². The highest BCUT2D eigenvalue weighted by Crippen LogP contribution is 2.28. The third-order valence-electron chi connectivity index (χ3n) is 5.33. The van der Waals surface area contributed by atoms with Crippen LogP contribution in [0.4, 0.5) is 5.95 Å². The summed E-state index contributed by atoms with van der Waals surface area (Å²) in [7, 11) is 0. The largest absolute Gasteiger partial charge is 0.354 e. The predicted molar refractivity (Wildman–Crippen MR) is 103 cm³/mol. The fraction of sp³-hybridized carbons (Fsp3) is 0.579. The van der Waals surface area contributed by atoms with E-state index in [2.05, 4.69) is 37.5 Å². The molecule has 8 heteroatoms. The van der Waals surface area contributed by atoms with Crippen LogP contribution in [-0.4, -0.2) is 63.3 Å². The van der Waals surface area contributed by atoms with Gasteiger partial charge >= 0.3 is 0 Å². The first-order valence-electron chi connectivity index (χ1n) is 9.89. The molecule has 27 heavy (non-hydrogen) atoms. The number of anilines is 1. The number of nitrogens with zero attached hydrogens (tertiary/aromatic N) is 5. The molecule has 1 saturated carbocycles. The fourth-order valence-electron chi connectivity index (χ4n) is 3.77. The van der Waals surface area contributed by atoms with Crippen LogP contribution in [0.5, 0.6) is 0 Å². The maximum absolute atomic E-state index is 12.4. The second-order valence-electron chi connectivity index (χ2n) is 7.24. The average Bonchev–Trinajstić information content (AvgIpc) is 3.40. The first-order chi connectivity index (χ1) is 13.3. The lowest BCUT2D eigenvalue weighted by molar-refractivity contribution is 0.0735. The van der Waals surface area contributed by atoms with Crippen molar-refractivity contribution in [1.82, 2.24) is 30.0 Å². The highest BCUT2D eigenvalue weighted by atomic mass is 16.2. The van der Waals surface area contributed by atoms with Crippen LogP contribution in [0, 0.1) is 0 Å². The van der Waals surface area contributed by atoms with Crippen molar-refractivity contribution in [2.45, 2.75) is 38.1 Å². The standard InChI is InChI=1S/C19H27N7O/c27-18(25-11-8-20-9-12-25)15-13-22-19(23-14-15)21-7-5-16-6-10-26(24-16)17-3-1-2-4-17/h6,10,13-14,17,20H,1-5,7-9,11-12H2,(H,21,22,23). The van der Waals surface area contributed by atoms with Gasteiger partial charge in [0.15, 0.2) is 0 Å². The Labute approximate surface area is 159 Å². The molecule has 2 N–H and O–H groups in total. The molecule has 1 saturated heterocycles. The van der Waals surface area contributed by atoms with E-state index in [9.17, 15) is 4.79 Å². The van der Waals surface area contributed by atoms with E-state index in [1.807, 2.05) is 4.90 Å². The SMILES string of the molecule is O=C(c1cnc(NCCc2ccn(C3CCCC3)n2)nc1)N1CCNCC1. The molecule has 2 aromatic rings. The van der Waals surface area contributed by atoms with Crippen LogP contribution in [0.2, 0.25) is 0 Å². The molecule has 0 atom stereocenters. The zero-order chi connectivity index (χ0) is 18.5. The molecule has 0 aromatic carbocycles. The van der Waals surface area contributed by atoms with Gasteiger partial charge in [-0.15, -0.1) is 0 Å². The highest BCUT2D eigenvalue weighted by Gasteiger charge is 2.19. The first kappa shape index (κ1) is 17.9. The Balaban J connectivity index is 1.25. The minimum Gasteiger partial charge on any atom is -0.354 e. The number of rotatable bonds is 6. The van der Waals surface area contributed by atoms with Crippen LogP contribution < -0.4 is 10.6 Å². The van der Waals surface area contributed by atoms with Crippen LogP contribution in [0.3, 0.4) is 0 Å². The molecule has 3 heterocycles. The van der Waals surface area contributed by atoms with E-state index in [-0.39, 0.29) is 5.91 Å². The second-order valence-corrected chi connectivity index (χ2v) is 7.24. The fourth-order valence-corrected chi connectivity index (χ4v) is 3.77. The molecule has 2 aliphatic rings. The Hall–Kier alpha value is -2.48. The van der Waals surface area contributed by atoms with Crippen LogP contribution in [-0.2, 0) is 6.42 Å². The maximum Gasteiger partial charge on any atom is 0.257 e. The Bertz CT molecular complexity index is 746. The van der Waals surface area contributed by atoms with Crippen molar-refractivity contribution in [2.75, 3.05) is 38.0 Å². The number of hydrogen-bond acceptors (Lipinski definition) is 6. The van der Waals surface area contributed by atoms with Gasteiger partial charge in [0.25, 0.3) is 5.91 Å². The Morgan fingerprint density at radius 1 is 1.19 bits per heavy atom. The zero-order valence-electron chi connectivity index (χ0n) is 15.6. The van der Waals surface area contributed by atoms with E-state index in [1.165, 1.54) is 25.7 Å². The van der Waals surface area contributed by atoms with Crippen molar-refractivity contribution in [1.29, 1.82) is 0 Å². The van der Waals surface area contributed by atoms with Gasteiger partial charge in [-0.25, -0.2) is 9.97 Å². The number of piperazine rings is 1. The Kier molecular flexibility index (Phi) is 5.62. The summed E-state index contributed by atoms with van der Waals surface area (Å²) in [5.74, 6) is 0.544. The number of carbonyl (C=O) groups is 1. The number of carbonyl (C=O) groups excluding carboxylic acids is 1. The number of amides is 1. The van der Waals surface area contributed by atoms with E-state index in [4.69, 9.17) is 5.10 Å². The van der Waals surface area contributed by atoms with Gasteiger partial charge in [-0.3, -0.25) is 9.48 Å². The molecular formula is C19H27N7O. The van der Waals surface area contributed by atoms with E-state index in [0.717, 1.165) is 38.3 Å². The van der Waals surface area contributed by atoms with Crippen molar-refractivity contribution in [2.24, 2.45) is 0 Å². The molecule has 0 bridgehead atoms. The maximum atomic E-state index is 12.4. The molecule has 4 rings (SSSR count). The molecule has 1 aliphatic heterocycles. The molecule has 1 amide bonds. The molecule has 2 fully saturated rings. The summed E-state index contributed by atoms with van der Waals surface area (Å²) < 4.78 is 2.12. The van der Waals surface area contributed by atoms with Gasteiger partial charge < -0.3 is 15.5 Å². The summed E-state index contributed by atoms with van der Waals surface area (Å²) in [6, 6.07) is 2.67. The van der Waals surface area contributed by atoms with E-state index in [0.29, 0.717) is 24.1 Å². The van der Waals surface area contributed by atoms with Crippen LogP contribution >= 0.6 is 0 Å². The molecule has 0 unspecified atom stereocenters. The quantitative estimate of drug-likeness (QED) is 0.802. The number of hydrogen-bond donors (Lipinski definition) is 2. The topological polar surface area (TPSA) is 88.0 Å². The normalized spacial score (nSPS) is 18.0. The lowest BCUT2D eigenvalue weighted by Crippen LogP contribution is -2.46. The molecule has 0 radical (unpaired) electrons. The zero-order valence-corrected chi connectivity index (χ0v) is 15.6. The number of nitrogens with one attached hydrogen (secondary N) is 2. The minimum absolute atomic E-state index is 0.000465.